The first-order valence-corrected chi connectivity index (χ1v) is 7.93. The van der Waals surface area contributed by atoms with E-state index in [1.54, 1.807) is 13.0 Å². The van der Waals surface area contributed by atoms with Gasteiger partial charge in [-0.2, -0.15) is 0 Å². The number of pyridine rings is 1. The van der Waals surface area contributed by atoms with E-state index in [2.05, 4.69) is 22.5 Å². The van der Waals surface area contributed by atoms with Gasteiger partial charge >= 0.3 is 5.97 Å². The van der Waals surface area contributed by atoms with Gasteiger partial charge in [0.25, 0.3) is 0 Å². The van der Waals surface area contributed by atoms with E-state index in [0.717, 1.165) is 28.5 Å². The molecule has 2 aromatic heterocycles. The van der Waals surface area contributed by atoms with Crippen molar-refractivity contribution in [2.24, 2.45) is 0 Å². The molecule has 0 atom stereocenters. The van der Waals surface area contributed by atoms with Crippen LogP contribution in [-0.2, 0) is 11.3 Å². The SMILES string of the molecule is CCOC(=O)c1cc(OCC)c2c(n1)c1ccccc1n2CC. The lowest BCUT2D eigenvalue weighted by molar-refractivity contribution is 0.0519. The Labute approximate surface area is 134 Å². The number of benzene rings is 1. The van der Waals surface area contributed by atoms with Crippen LogP contribution in [0.1, 0.15) is 31.3 Å². The van der Waals surface area contributed by atoms with E-state index in [-0.39, 0.29) is 5.69 Å². The van der Waals surface area contributed by atoms with E-state index in [0.29, 0.717) is 19.0 Å². The minimum absolute atomic E-state index is 0.279. The molecule has 0 radical (unpaired) electrons. The van der Waals surface area contributed by atoms with Crippen molar-refractivity contribution < 1.29 is 14.3 Å². The van der Waals surface area contributed by atoms with Crippen molar-refractivity contribution in [1.29, 1.82) is 0 Å². The molecule has 0 saturated heterocycles. The fourth-order valence-corrected chi connectivity index (χ4v) is 2.90. The molecule has 0 aliphatic carbocycles. The normalized spacial score (nSPS) is 11.1. The highest BCUT2D eigenvalue weighted by Gasteiger charge is 2.19. The summed E-state index contributed by atoms with van der Waals surface area (Å²) in [7, 11) is 0. The highest BCUT2D eigenvalue weighted by molar-refractivity contribution is 6.09. The van der Waals surface area contributed by atoms with Crippen LogP contribution in [0.3, 0.4) is 0 Å². The van der Waals surface area contributed by atoms with E-state index in [1.807, 2.05) is 25.1 Å². The maximum Gasteiger partial charge on any atom is 0.357 e. The third-order valence-electron chi connectivity index (χ3n) is 3.78. The molecule has 120 valence electrons. The van der Waals surface area contributed by atoms with Gasteiger partial charge < -0.3 is 14.0 Å². The molecule has 23 heavy (non-hydrogen) atoms. The molecule has 0 unspecified atom stereocenters. The molecule has 5 nitrogen and oxygen atoms in total. The van der Waals surface area contributed by atoms with Crippen molar-refractivity contribution in [3.8, 4) is 5.75 Å². The standard InChI is InChI=1S/C18H20N2O3/c1-4-20-14-10-8-7-9-12(14)16-17(20)15(22-5-2)11-13(19-16)18(21)23-6-3/h7-11H,4-6H2,1-3H3. The summed E-state index contributed by atoms with van der Waals surface area (Å²) in [5, 5.41) is 1.01. The van der Waals surface area contributed by atoms with Crippen LogP contribution in [-0.4, -0.2) is 28.7 Å². The number of hydrogen-bond acceptors (Lipinski definition) is 4. The number of hydrogen-bond donors (Lipinski definition) is 0. The van der Waals surface area contributed by atoms with Crippen molar-refractivity contribution in [2.75, 3.05) is 13.2 Å². The van der Waals surface area contributed by atoms with Crippen molar-refractivity contribution in [3.05, 3.63) is 36.0 Å². The van der Waals surface area contributed by atoms with Gasteiger partial charge in [-0.05, 0) is 26.8 Å². The number of aromatic nitrogens is 2. The first kappa shape index (κ1) is 15.3. The molecule has 0 saturated carbocycles. The van der Waals surface area contributed by atoms with Gasteiger partial charge in [-0.25, -0.2) is 9.78 Å². The van der Waals surface area contributed by atoms with Gasteiger partial charge in [0, 0.05) is 18.0 Å². The van der Waals surface area contributed by atoms with Gasteiger partial charge in [-0.3, -0.25) is 0 Å². The molecule has 3 aromatic rings. The molecule has 1 aromatic carbocycles. The Hall–Kier alpha value is -2.56. The van der Waals surface area contributed by atoms with E-state index >= 15 is 0 Å². The number of carbonyl (C=O) groups excluding carboxylic acids is 1. The first-order chi connectivity index (χ1) is 11.2. The fourth-order valence-electron chi connectivity index (χ4n) is 2.90. The number of nitrogens with zero attached hydrogens (tertiary/aromatic N) is 2. The number of rotatable bonds is 5. The second kappa shape index (κ2) is 6.28. The number of ether oxygens (including phenoxy) is 2. The predicted octanol–water partition coefficient (Wildman–Crippen LogP) is 3.78. The molecule has 3 rings (SSSR count). The number of carbonyl (C=O) groups is 1. The number of para-hydroxylation sites is 1. The zero-order valence-electron chi connectivity index (χ0n) is 13.6. The zero-order chi connectivity index (χ0) is 16.4. The Kier molecular flexibility index (Phi) is 4.19. The van der Waals surface area contributed by atoms with Gasteiger partial charge in [-0.15, -0.1) is 0 Å². The van der Waals surface area contributed by atoms with Crippen LogP contribution in [0.25, 0.3) is 21.9 Å². The summed E-state index contributed by atoms with van der Waals surface area (Å²) in [4.78, 5) is 16.7. The van der Waals surface area contributed by atoms with Gasteiger partial charge in [0.15, 0.2) is 5.69 Å². The third-order valence-corrected chi connectivity index (χ3v) is 3.78. The number of aryl methyl sites for hydroxylation is 1. The molecular weight excluding hydrogens is 292 g/mol. The Bertz CT molecular complexity index is 867. The average Bonchev–Trinajstić information content (AvgIpc) is 2.89. The maximum atomic E-state index is 12.1. The van der Waals surface area contributed by atoms with Crippen molar-refractivity contribution in [3.63, 3.8) is 0 Å². The highest BCUT2D eigenvalue weighted by Crippen LogP contribution is 2.34. The fraction of sp³-hybridized carbons (Fsp3) is 0.333. The molecule has 0 aliphatic heterocycles. The van der Waals surface area contributed by atoms with E-state index < -0.39 is 5.97 Å². The van der Waals surface area contributed by atoms with Crippen LogP contribution in [0.15, 0.2) is 30.3 Å². The molecular formula is C18H20N2O3. The monoisotopic (exact) mass is 312 g/mol. The van der Waals surface area contributed by atoms with Crippen molar-refractivity contribution in [1.82, 2.24) is 9.55 Å². The van der Waals surface area contributed by atoms with Gasteiger partial charge in [0.2, 0.25) is 0 Å². The quantitative estimate of drug-likeness (QED) is 0.673. The minimum atomic E-state index is -0.427. The molecule has 5 heteroatoms. The lowest BCUT2D eigenvalue weighted by atomic mass is 10.2. The highest BCUT2D eigenvalue weighted by atomic mass is 16.5. The van der Waals surface area contributed by atoms with Crippen molar-refractivity contribution >= 4 is 27.9 Å². The van der Waals surface area contributed by atoms with Gasteiger partial charge in [-0.1, -0.05) is 18.2 Å². The van der Waals surface area contributed by atoms with Crippen LogP contribution in [0.5, 0.6) is 5.75 Å². The average molecular weight is 312 g/mol. The van der Waals surface area contributed by atoms with E-state index in [1.165, 1.54) is 0 Å². The number of fused-ring (bicyclic) bond motifs is 3. The lowest BCUT2D eigenvalue weighted by Gasteiger charge is -2.10. The summed E-state index contributed by atoms with van der Waals surface area (Å²) in [5.41, 5.74) is 3.06. The molecule has 0 bridgehead atoms. The Balaban J connectivity index is 2.37. The largest absolute Gasteiger partial charge is 0.492 e. The second-order valence-corrected chi connectivity index (χ2v) is 5.12. The number of esters is 1. The molecule has 0 amide bonds. The van der Waals surface area contributed by atoms with E-state index in [4.69, 9.17) is 9.47 Å². The Morgan fingerprint density at radius 1 is 1.17 bits per heavy atom. The van der Waals surface area contributed by atoms with Crippen LogP contribution in [0.4, 0.5) is 0 Å². The van der Waals surface area contributed by atoms with Crippen LogP contribution >= 0.6 is 0 Å². The molecule has 0 spiro atoms. The predicted molar refractivity (Wildman–Crippen MR) is 90.0 cm³/mol. The summed E-state index contributed by atoms with van der Waals surface area (Å²) in [6.45, 7) is 7.43. The minimum Gasteiger partial charge on any atom is -0.492 e. The van der Waals surface area contributed by atoms with E-state index in [9.17, 15) is 4.79 Å². The smallest absolute Gasteiger partial charge is 0.357 e. The van der Waals surface area contributed by atoms with Crippen LogP contribution in [0.2, 0.25) is 0 Å². The summed E-state index contributed by atoms with van der Waals surface area (Å²) in [5.74, 6) is 0.238. The second-order valence-electron chi connectivity index (χ2n) is 5.12. The molecule has 0 N–H and O–H groups in total. The summed E-state index contributed by atoms with van der Waals surface area (Å²) in [6, 6.07) is 9.72. The first-order valence-electron chi connectivity index (χ1n) is 7.93. The summed E-state index contributed by atoms with van der Waals surface area (Å²) >= 11 is 0. The lowest BCUT2D eigenvalue weighted by Crippen LogP contribution is -2.08. The zero-order valence-corrected chi connectivity index (χ0v) is 13.6. The Morgan fingerprint density at radius 2 is 1.96 bits per heavy atom. The Morgan fingerprint density at radius 3 is 2.65 bits per heavy atom. The summed E-state index contributed by atoms with van der Waals surface area (Å²) in [6.07, 6.45) is 0. The third kappa shape index (κ3) is 2.52. The van der Waals surface area contributed by atoms with Crippen molar-refractivity contribution in [2.45, 2.75) is 27.3 Å². The van der Waals surface area contributed by atoms with Crippen LogP contribution in [0, 0.1) is 0 Å². The van der Waals surface area contributed by atoms with Gasteiger partial charge in [0.05, 0.1) is 18.7 Å². The topological polar surface area (TPSA) is 53.4 Å². The van der Waals surface area contributed by atoms with Gasteiger partial charge in [0.1, 0.15) is 16.8 Å². The van der Waals surface area contributed by atoms with Crippen LogP contribution < -0.4 is 4.74 Å². The summed E-state index contributed by atoms with van der Waals surface area (Å²) < 4.78 is 13.0. The maximum absolute atomic E-state index is 12.1. The molecule has 0 fully saturated rings. The molecule has 0 aliphatic rings. The molecule has 2 heterocycles.